The SMILES string of the molecule is CC(C)c1nnc([C@@H](C)NC(=O)CCc2cn3ccccc3n2)o1. The summed E-state index contributed by atoms with van der Waals surface area (Å²) >= 11 is 0. The number of hydrogen-bond donors (Lipinski definition) is 1. The van der Waals surface area contributed by atoms with Gasteiger partial charge < -0.3 is 14.1 Å². The van der Waals surface area contributed by atoms with Crippen molar-refractivity contribution in [3.05, 3.63) is 48.1 Å². The highest BCUT2D eigenvalue weighted by Crippen LogP contribution is 2.16. The largest absolute Gasteiger partial charge is 0.423 e. The molecule has 24 heavy (non-hydrogen) atoms. The summed E-state index contributed by atoms with van der Waals surface area (Å²) in [5.41, 5.74) is 1.78. The standard InChI is InChI=1S/C17H21N5O2/c1-11(2)16-20-21-17(24-16)12(3)18-15(23)8-7-13-10-22-9-5-4-6-14(22)19-13/h4-6,9-12H,7-8H2,1-3H3,(H,18,23)/t12-/m1/s1. The van der Waals surface area contributed by atoms with Crippen LogP contribution in [0.25, 0.3) is 5.65 Å². The zero-order valence-corrected chi connectivity index (χ0v) is 14.1. The number of aromatic nitrogens is 4. The molecule has 3 heterocycles. The molecule has 1 atom stereocenters. The average molecular weight is 327 g/mol. The van der Waals surface area contributed by atoms with Crippen molar-refractivity contribution in [2.75, 3.05) is 0 Å². The van der Waals surface area contributed by atoms with E-state index in [1.165, 1.54) is 0 Å². The van der Waals surface area contributed by atoms with Crippen molar-refractivity contribution in [1.82, 2.24) is 24.9 Å². The van der Waals surface area contributed by atoms with Crippen molar-refractivity contribution in [3.8, 4) is 0 Å². The number of rotatable bonds is 6. The molecule has 7 heteroatoms. The molecule has 0 aliphatic rings. The Balaban J connectivity index is 1.54. The van der Waals surface area contributed by atoms with Crippen molar-refractivity contribution in [2.24, 2.45) is 0 Å². The first-order valence-corrected chi connectivity index (χ1v) is 8.08. The third kappa shape index (κ3) is 3.61. The molecule has 3 aromatic rings. The summed E-state index contributed by atoms with van der Waals surface area (Å²) in [4.78, 5) is 16.6. The predicted molar refractivity (Wildman–Crippen MR) is 88.5 cm³/mol. The average Bonchev–Trinajstić information content (AvgIpc) is 3.19. The van der Waals surface area contributed by atoms with E-state index in [1.54, 1.807) is 0 Å². The molecule has 3 aromatic heterocycles. The fraction of sp³-hybridized carbons (Fsp3) is 0.412. The van der Waals surface area contributed by atoms with Crippen LogP contribution < -0.4 is 5.32 Å². The second-order valence-electron chi connectivity index (χ2n) is 6.12. The Morgan fingerprint density at radius 1 is 1.25 bits per heavy atom. The van der Waals surface area contributed by atoms with Crippen LogP contribution in [0.15, 0.2) is 35.0 Å². The number of amides is 1. The third-order valence-corrected chi connectivity index (χ3v) is 3.72. The van der Waals surface area contributed by atoms with Crippen molar-refractivity contribution in [1.29, 1.82) is 0 Å². The number of carbonyl (C=O) groups excluding carboxylic acids is 1. The molecule has 0 fully saturated rings. The minimum Gasteiger partial charge on any atom is -0.423 e. The molecule has 0 bridgehead atoms. The molecule has 0 aromatic carbocycles. The van der Waals surface area contributed by atoms with Gasteiger partial charge in [0.1, 0.15) is 11.7 Å². The van der Waals surface area contributed by atoms with Gasteiger partial charge in [0.2, 0.25) is 17.7 Å². The van der Waals surface area contributed by atoms with Crippen LogP contribution in [0.3, 0.4) is 0 Å². The maximum absolute atomic E-state index is 12.1. The fourth-order valence-corrected chi connectivity index (χ4v) is 2.38. The van der Waals surface area contributed by atoms with Gasteiger partial charge in [0.15, 0.2) is 0 Å². The number of fused-ring (bicyclic) bond motifs is 1. The van der Waals surface area contributed by atoms with Crippen molar-refractivity contribution < 1.29 is 9.21 Å². The summed E-state index contributed by atoms with van der Waals surface area (Å²) in [5.74, 6) is 1.11. The lowest BCUT2D eigenvalue weighted by Gasteiger charge is -2.09. The molecule has 0 aliphatic heterocycles. The van der Waals surface area contributed by atoms with E-state index in [0.717, 1.165) is 11.3 Å². The maximum Gasteiger partial charge on any atom is 0.238 e. The van der Waals surface area contributed by atoms with Gasteiger partial charge in [0, 0.05) is 24.7 Å². The van der Waals surface area contributed by atoms with Crippen LogP contribution in [0.2, 0.25) is 0 Å². The minimum absolute atomic E-state index is 0.0659. The van der Waals surface area contributed by atoms with Gasteiger partial charge in [-0.2, -0.15) is 0 Å². The van der Waals surface area contributed by atoms with Crippen molar-refractivity contribution >= 4 is 11.6 Å². The fourth-order valence-electron chi connectivity index (χ4n) is 2.38. The Labute approximate surface area is 140 Å². The third-order valence-electron chi connectivity index (χ3n) is 3.72. The van der Waals surface area contributed by atoms with Gasteiger partial charge in [-0.3, -0.25) is 4.79 Å². The highest BCUT2D eigenvalue weighted by Gasteiger charge is 2.17. The van der Waals surface area contributed by atoms with Gasteiger partial charge in [0.05, 0.1) is 5.69 Å². The van der Waals surface area contributed by atoms with E-state index < -0.39 is 0 Å². The van der Waals surface area contributed by atoms with Gasteiger partial charge in [0.25, 0.3) is 0 Å². The normalized spacial score (nSPS) is 12.7. The molecule has 0 radical (unpaired) electrons. The molecule has 0 aliphatic carbocycles. The number of pyridine rings is 1. The Hall–Kier alpha value is -2.70. The van der Waals surface area contributed by atoms with E-state index in [4.69, 9.17) is 4.42 Å². The van der Waals surface area contributed by atoms with E-state index in [9.17, 15) is 4.79 Å². The molecule has 0 unspecified atom stereocenters. The van der Waals surface area contributed by atoms with Crippen molar-refractivity contribution in [3.63, 3.8) is 0 Å². The zero-order valence-electron chi connectivity index (χ0n) is 14.1. The van der Waals surface area contributed by atoms with Crippen molar-refractivity contribution in [2.45, 2.75) is 45.6 Å². The monoisotopic (exact) mass is 327 g/mol. The molecular formula is C17H21N5O2. The van der Waals surface area contributed by atoms with E-state index in [0.29, 0.717) is 24.6 Å². The highest BCUT2D eigenvalue weighted by molar-refractivity contribution is 5.76. The minimum atomic E-state index is -0.307. The number of hydrogen-bond acceptors (Lipinski definition) is 5. The van der Waals surface area contributed by atoms with Gasteiger partial charge in [-0.1, -0.05) is 19.9 Å². The molecule has 0 saturated carbocycles. The van der Waals surface area contributed by atoms with Crippen LogP contribution in [0, 0.1) is 0 Å². The van der Waals surface area contributed by atoms with Crippen LogP contribution in [0.1, 0.15) is 56.6 Å². The van der Waals surface area contributed by atoms with Gasteiger partial charge in [-0.25, -0.2) is 4.98 Å². The quantitative estimate of drug-likeness (QED) is 0.752. The second kappa shape index (κ2) is 6.82. The number of imidazole rings is 1. The summed E-state index contributed by atoms with van der Waals surface area (Å²) in [6.07, 6.45) is 4.83. The summed E-state index contributed by atoms with van der Waals surface area (Å²) in [5, 5.41) is 10.9. The van der Waals surface area contributed by atoms with E-state index >= 15 is 0 Å². The van der Waals surface area contributed by atoms with E-state index in [2.05, 4.69) is 20.5 Å². The van der Waals surface area contributed by atoms with E-state index in [1.807, 2.05) is 55.8 Å². The predicted octanol–water partition coefficient (Wildman–Crippen LogP) is 2.65. The van der Waals surface area contributed by atoms with Crippen LogP contribution in [0.5, 0.6) is 0 Å². The molecule has 0 spiro atoms. The van der Waals surface area contributed by atoms with E-state index in [-0.39, 0.29) is 17.9 Å². The zero-order chi connectivity index (χ0) is 17.1. The first-order chi connectivity index (χ1) is 11.5. The number of carbonyl (C=O) groups is 1. The van der Waals surface area contributed by atoms with Crippen LogP contribution in [-0.4, -0.2) is 25.5 Å². The summed E-state index contributed by atoms with van der Waals surface area (Å²) in [6, 6.07) is 5.52. The van der Waals surface area contributed by atoms with Crippen LogP contribution in [0.4, 0.5) is 0 Å². The van der Waals surface area contributed by atoms with Gasteiger partial charge in [-0.05, 0) is 25.5 Å². The number of nitrogens with one attached hydrogen (secondary N) is 1. The Morgan fingerprint density at radius 3 is 2.75 bits per heavy atom. The summed E-state index contributed by atoms with van der Waals surface area (Å²) in [6.45, 7) is 5.80. The maximum atomic E-state index is 12.1. The highest BCUT2D eigenvalue weighted by atomic mass is 16.4. The smallest absolute Gasteiger partial charge is 0.238 e. The molecule has 1 N–H and O–H groups in total. The Bertz CT molecular complexity index is 803. The first-order valence-electron chi connectivity index (χ1n) is 8.08. The molecule has 3 rings (SSSR count). The van der Waals surface area contributed by atoms with Gasteiger partial charge >= 0.3 is 0 Å². The van der Waals surface area contributed by atoms with Crippen LogP contribution in [-0.2, 0) is 11.2 Å². The lowest BCUT2D eigenvalue weighted by atomic mass is 10.2. The second-order valence-corrected chi connectivity index (χ2v) is 6.12. The molecule has 0 saturated heterocycles. The Morgan fingerprint density at radius 2 is 2.04 bits per heavy atom. The molecule has 7 nitrogen and oxygen atoms in total. The summed E-state index contributed by atoms with van der Waals surface area (Å²) in [7, 11) is 0. The van der Waals surface area contributed by atoms with Crippen LogP contribution >= 0.6 is 0 Å². The first kappa shape index (κ1) is 16.2. The number of nitrogens with zero attached hydrogens (tertiary/aromatic N) is 4. The topological polar surface area (TPSA) is 85.3 Å². The summed E-state index contributed by atoms with van der Waals surface area (Å²) < 4.78 is 7.50. The molecular weight excluding hydrogens is 306 g/mol. The lowest BCUT2D eigenvalue weighted by Crippen LogP contribution is -2.27. The number of aryl methyl sites for hydroxylation is 1. The lowest BCUT2D eigenvalue weighted by molar-refractivity contribution is -0.121. The molecule has 126 valence electrons. The van der Waals surface area contributed by atoms with Gasteiger partial charge in [-0.15, -0.1) is 10.2 Å². The molecule has 1 amide bonds. The Kier molecular flexibility index (Phi) is 4.59.